The summed E-state index contributed by atoms with van der Waals surface area (Å²) in [5.41, 5.74) is -3.13. The zero-order chi connectivity index (χ0) is 25.2. The molecule has 0 amide bonds. The third-order valence-electron chi connectivity index (χ3n) is 5.89. The van der Waals surface area contributed by atoms with Crippen LogP contribution in [0.4, 0.5) is 13.2 Å². The molecule has 6 nitrogen and oxygen atoms in total. The molecule has 0 aliphatic heterocycles. The summed E-state index contributed by atoms with van der Waals surface area (Å²) in [6.45, 7) is 0. The first-order chi connectivity index (χ1) is 17.1. The summed E-state index contributed by atoms with van der Waals surface area (Å²) >= 11 is 0. The van der Waals surface area contributed by atoms with Crippen molar-refractivity contribution in [3.05, 3.63) is 89.3 Å². The van der Waals surface area contributed by atoms with Crippen molar-refractivity contribution in [2.45, 2.75) is 5.51 Å². The van der Waals surface area contributed by atoms with E-state index >= 15 is 0 Å². The van der Waals surface area contributed by atoms with Gasteiger partial charge in [0.15, 0.2) is 0 Å². The average Bonchev–Trinajstić information content (AvgIpc) is 3.22. The van der Waals surface area contributed by atoms with Crippen molar-refractivity contribution in [1.82, 2.24) is 0 Å². The maximum absolute atomic E-state index is 12.7. The van der Waals surface area contributed by atoms with Gasteiger partial charge >= 0.3 is 21.3 Å². The van der Waals surface area contributed by atoms with Gasteiger partial charge in [0.25, 0.3) is 0 Å². The topological polar surface area (TPSA) is 86.7 Å². The minimum atomic E-state index is -5.88. The Morgan fingerprint density at radius 2 is 1.44 bits per heavy atom. The number of halogens is 3. The quantitative estimate of drug-likeness (QED) is 0.113. The van der Waals surface area contributed by atoms with Gasteiger partial charge in [-0.3, -0.25) is 0 Å². The Labute approximate surface area is 200 Å². The molecule has 0 radical (unpaired) electrons. The minimum Gasteiger partial charge on any atom is -0.456 e. The highest BCUT2D eigenvalue weighted by molar-refractivity contribution is 7.88. The average molecular weight is 510 g/mol. The molecular formula is C26H13F3O6S. The number of furan rings is 1. The summed E-state index contributed by atoms with van der Waals surface area (Å²) in [5, 5.41) is 2.61. The van der Waals surface area contributed by atoms with Crippen LogP contribution in [0.5, 0.6) is 5.75 Å². The highest BCUT2D eigenvalue weighted by Crippen LogP contribution is 2.38. The van der Waals surface area contributed by atoms with Gasteiger partial charge in [-0.2, -0.15) is 21.6 Å². The molecule has 4 aromatic carbocycles. The number of para-hydroxylation sites is 1. The van der Waals surface area contributed by atoms with Crippen molar-refractivity contribution in [1.29, 1.82) is 0 Å². The lowest BCUT2D eigenvalue weighted by Gasteiger charge is -2.10. The molecule has 0 N–H and O–H groups in total. The largest absolute Gasteiger partial charge is 0.534 e. The van der Waals surface area contributed by atoms with Crippen LogP contribution in [-0.4, -0.2) is 13.9 Å². The predicted octanol–water partition coefficient (Wildman–Crippen LogP) is 6.74. The van der Waals surface area contributed by atoms with Crippen LogP contribution in [0.1, 0.15) is 0 Å². The second kappa shape index (κ2) is 7.59. The zero-order valence-corrected chi connectivity index (χ0v) is 18.8. The van der Waals surface area contributed by atoms with Crippen LogP contribution in [0, 0.1) is 0 Å². The zero-order valence-electron chi connectivity index (χ0n) is 18.0. The van der Waals surface area contributed by atoms with Crippen molar-refractivity contribution in [2.75, 3.05) is 0 Å². The normalized spacial score (nSPS) is 12.6. The first kappa shape index (κ1) is 22.2. The van der Waals surface area contributed by atoms with Crippen molar-refractivity contribution in [2.24, 2.45) is 0 Å². The minimum absolute atomic E-state index is 0.118. The van der Waals surface area contributed by atoms with Gasteiger partial charge in [0.05, 0.1) is 5.39 Å². The van der Waals surface area contributed by atoms with Crippen LogP contribution in [0.2, 0.25) is 0 Å². The summed E-state index contributed by atoms with van der Waals surface area (Å²) in [6.07, 6.45) is 0. The molecule has 0 saturated heterocycles. The summed E-state index contributed by atoms with van der Waals surface area (Å²) < 4.78 is 76.2. The number of fused-ring (bicyclic) bond motifs is 6. The molecule has 0 aliphatic carbocycles. The molecule has 0 fully saturated rings. The van der Waals surface area contributed by atoms with Crippen LogP contribution < -0.4 is 9.81 Å². The molecule has 0 unspecified atom stereocenters. The van der Waals surface area contributed by atoms with Crippen molar-refractivity contribution >= 4 is 53.8 Å². The first-order valence-electron chi connectivity index (χ1n) is 10.5. The molecule has 0 atom stereocenters. The Bertz CT molecular complexity index is 2000. The molecule has 0 spiro atoms. The van der Waals surface area contributed by atoms with Gasteiger partial charge in [0, 0.05) is 21.5 Å². The van der Waals surface area contributed by atoms with Gasteiger partial charge in [-0.1, -0.05) is 36.4 Å². The SMILES string of the molecule is O=c1oc2cc(-c3cccc4oc5ccccc5c34)ccc2c2ccc(OS(=O)(=O)C(F)(F)F)cc12. The Balaban J connectivity index is 1.51. The summed E-state index contributed by atoms with van der Waals surface area (Å²) in [5.74, 6) is -0.651. The Morgan fingerprint density at radius 1 is 0.694 bits per heavy atom. The molecule has 180 valence electrons. The summed E-state index contributed by atoms with van der Waals surface area (Å²) in [7, 11) is -5.88. The van der Waals surface area contributed by atoms with E-state index in [0.717, 1.165) is 39.6 Å². The van der Waals surface area contributed by atoms with E-state index in [4.69, 9.17) is 8.83 Å². The van der Waals surface area contributed by atoms with E-state index in [9.17, 15) is 26.4 Å². The van der Waals surface area contributed by atoms with E-state index in [1.165, 1.54) is 6.07 Å². The van der Waals surface area contributed by atoms with Crippen molar-refractivity contribution in [3.8, 4) is 16.9 Å². The second-order valence-electron chi connectivity index (χ2n) is 8.07. The van der Waals surface area contributed by atoms with E-state index in [1.807, 2.05) is 48.5 Å². The molecule has 10 heteroatoms. The van der Waals surface area contributed by atoms with Crippen LogP contribution in [0.3, 0.4) is 0 Å². The molecular weight excluding hydrogens is 497 g/mol. The fourth-order valence-corrected chi connectivity index (χ4v) is 4.77. The molecule has 2 heterocycles. The molecule has 0 saturated carbocycles. The van der Waals surface area contributed by atoms with E-state index in [0.29, 0.717) is 16.4 Å². The fraction of sp³-hybridized carbons (Fsp3) is 0.0385. The molecule has 36 heavy (non-hydrogen) atoms. The summed E-state index contributed by atoms with van der Waals surface area (Å²) in [6, 6.07) is 21.8. The smallest absolute Gasteiger partial charge is 0.456 e. The monoisotopic (exact) mass is 510 g/mol. The van der Waals surface area contributed by atoms with Crippen molar-refractivity contribution in [3.63, 3.8) is 0 Å². The Hall–Kier alpha value is -4.31. The van der Waals surface area contributed by atoms with Gasteiger partial charge in [0.2, 0.25) is 0 Å². The van der Waals surface area contributed by atoms with E-state index < -0.39 is 27.0 Å². The maximum Gasteiger partial charge on any atom is 0.534 e. The highest BCUT2D eigenvalue weighted by Gasteiger charge is 2.48. The van der Waals surface area contributed by atoms with Gasteiger partial charge in [-0.15, -0.1) is 0 Å². The third kappa shape index (κ3) is 3.41. The second-order valence-corrected chi connectivity index (χ2v) is 9.61. The number of alkyl halides is 3. The van der Waals surface area contributed by atoms with Crippen LogP contribution in [-0.2, 0) is 10.1 Å². The lowest BCUT2D eigenvalue weighted by molar-refractivity contribution is -0.0500. The van der Waals surface area contributed by atoms with E-state index in [2.05, 4.69) is 4.18 Å². The lowest BCUT2D eigenvalue weighted by atomic mass is 9.97. The van der Waals surface area contributed by atoms with Gasteiger partial charge in [-0.25, -0.2) is 4.79 Å². The van der Waals surface area contributed by atoms with Crippen LogP contribution >= 0.6 is 0 Å². The third-order valence-corrected chi connectivity index (χ3v) is 6.87. The number of rotatable bonds is 3. The Morgan fingerprint density at radius 3 is 2.25 bits per heavy atom. The number of hydrogen-bond acceptors (Lipinski definition) is 6. The summed E-state index contributed by atoms with van der Waals surface area (Å²) in [4.78, 5) is 12.7. The van der Waals surface area contributed by atoms with Gasteiger partial charge < -0.3 is 13.0 Å². The predicted molar refractivity (Wildman–Crippen MR) is 128 cm³/mol. The van der Waals surface area contributed by atoms with E-state index in [-0.39, 0.29) is 11.0 Å². The number of benzene rings is 4. The lowest BCUT2D eigenvalue weighted by Crippen LogP contribution is -2.28. The molecule has 2 aromatic heterocycles. The van der Waals surface area contributed by atoms with Crippen molar-refractivity contribution < 1.29 is 34.6 Å². The fourth-order valence-electron chi connectivity index (χ4n) is 4.32. The number of hydrogen-bond donors (Lipinski definition) is 0. The standard InChI is InChI=1S/C26H13F3O6S/c27-26(28,29)36(31,32)35-15-9-11-17-18-10-8-14(12-23(18)34-25(30)20(17)13-15)16-5-3-7-22-24(16)19-4-1-2-6-21(19)33-22/h1-13H. The molecule has 0 aliphatic rings. The molecule has 6 rings (SSSR count). The Kier molecular flexibility index (Phi) is 4.68. The highest BCUT2D eigenvalue weighted by atomic mass is 32.2. The van der Waals surface area contributed by atoms with Crippen LogP contribution in [0.15, 0.2) is 92.5 Å². The first-order valence-corrected chi connectivity index (χ1v) is 12.0. The van der Waals surface area contributed by atoms with Crippen LogP contribution in [0.25, 0.3) is 54.8 Å². The van der Waals surface area contributed by atoms with Gasteiger partial charge in [-0.05, 0) is 53.6 Å². The maximum atomic E-state index is 12.7. The molecule has 0 bridgehead atoms. The molecule has 6 aromatic rings. The van der Waals surface area contributed by atoms with Gasteiger partial charge in [0.1, 0.15) is 22.5 Å². The van der Waals surface area contributed by atoms with E-state index in [1.54, 1.807) is 12.1 Å².